The second-order valence-corrected chi connectivity index (χ2v) is 4.09. The van der Waals surface area contributed by atoms with Crippen LogP contribution in [0.25, 0.3) is 10.4 Å². The van der Waals surface area contributed by atoms with Gasteiger partial charge in [-0.25, -0.2) is 0 Å². The molecule has 82 valence electrons. The zero-order chi connectivity index (χ0) is 12.0. The van der Waals surface area contributed by atoms with E-state index in [9.17, 15) is 4.79 Å². The SMILES string of the molecule is C=C(CN=[N+]=[N-])C(=O)Nc1ccccc1I. The van der Waals surface area contributed by atoms with Crippen LogP contribution in [0.3, 0.4) is 0 Å². The van der Waals surface area contributed by atoms with Gasteiger partial charge in [-0.1, -0.05) is 23.8 Å². The van der Waals surface area contributed by atoms with Crippen LogP contribution in [0, 0.1) is 3.57 Å². The van der Waals surface area contributed by atoms with Crippen LogP contribution < -0.4 is 5.32 Å². The summed E-state index contributed by atoms with van der Waals surface area (Å²) in [5, 5.41) is 5.96. The molecule has 0 aliphatic heterocycles. The Balaban J connectivity index is 2.68. The molecule has 0 spiro atoms. The average Bonchev–Trinajstić information content (AvgIpc) is 2.28. The van der Waals surface area contributed by atoms with Crippen LogP contribution in [0.5, 0.6) is 0 Å². The molecule has 1 amide bonds. The number of amides is 1. The van der Waals surface area contributed by atoms with Gasteiger partial charge in [-0.3, -0.25) is 4.79 Å². The maximum Gasteiger partial charge on any atom is 0.251 e. The topological polar surface area (TPSA) is 77.9 Å². The molecule has 1 rings (SSSR count). The minimum Gasteiger partial charge on any atom is -0.321 e. The maximum absolute atomic E-state index is 11.6. The molecule has 5 nitrogen and oxygen atoms in total. The normalized spacial score (nSPS) is 9.06. The van der Waals surface area contributed by atoms with Crippen molar-refractivity contribution in [3.05, 3.63) is 50.4 Å². The number of hydrogen-bond acceptors (Lipinski definition) is 2. The molecule has 6 heteroatoms. The summed E-state index contributed by atoms with van der Waals surface area (Å²) in [6.45, 7) is 3.52. The molecule has 0 radical (unpaired) electrons. The quantitative estimate of drug-likeness (QED) is 0.298. The Bertz CT molecular complexity index is 466. The minimum atomic E-state index is -0.337. The zero-order valence-electron chi connectivity index (χ0n) is 8.35. The van der Waals surface area contributed by atoms with Crippen LogP contribution in [-0.2, 0) is 4.79 Å². The Labute approximate surface area is 106 Å². The lowest BCUT2D eigenvalue weighted by Gasteiger charge is -2.07. The lowest BCUT2D eigenvalue weighted by molar-refractivity contribution is -0.112. The molecule has 0 bridgehead atoms. The second kappa shape index (κ2) is 6.14. The van der Waals surface area contributed by atoms with Crippen molar-refractivity contribution in [2.45, 2.75) is 0 Å². The molecule has 0 aliphatic carbocycles. The van der Waals surface area contributed by atoms with Crippen molar-refractivity contribution in [1.82, 2.24) is 0 Å². The molecule has 0 atom stereocenters. The molecule has 0 saturated carbocycles. The van der Waals surface area contributed by atoms with Crippen molar-refractivity contribution < 1.29 is 4.79 Å². The first-order valence-electron chi connectivity index (χ1n) is 4.39. The summed E-state index contributed by atoms with van der Waals surface area (Å²) in [4.78, 5) is 14.1. The number of hydrogen-bond donors (Lipinski definition) is 1. The summed E-state index contributed by atoms with van der Waals surface area (Å²) in [7, 11) is 0. The standard InChI is InChI=1S/C10H9IN4O/c1-7(6-13-15-12)10(16)14-9-5-3-2-4-8(9)11/h2-5H,1,6H2,(H,14,16). The lowest BCUT2D eigenvalue weighted by atomic mass is 10.2. The van der Waals surface area contributed by atoms with Crippen LogP contribution in [0.2, 0.25) is 0 Å². The van der Waals surface area contributed by atoms with Gasteiger partial charge in [0.15, 0.2) is 0 Å². The van der Waals surface area contributed by atoms with Crippen molar-refractivity contribution in [2.75, 3.05) is 11.9 Å². The van der Waals surface area contributed by atoms with E-state index in [1.807, 2.05) is 18.2 Å². The van der Waals surface area contributed by atoms with Crippen molar-refractivity contribution in [3.8, 4) is 0 Å². The van der Waals surface area contributed by atoms with Gasteiger partial charge in [-0.05, 0) is 40.3 Å². The van der Waals surface area contributed by atoms with E-state index in [-0.39, 0.29) is 18.0 Å². The number of rotatable bonds is 4. The molecule has 1 aromatic carbocycles. The van der Waals surface area contributed by atoms with E-state index in [4.69, 9.17) is 5.53 Å². The number of azide groups is 1. The number of halogens is 1. The Morgan fingerprint density at radius 2 is 2.25 bits per heavy atom. The second-order valence-electron chi connectivity index (χ2n) is 2.93. The highest BCUT2D eigenvalue weighted by Crippen LogP contribution is 2.17. The first-order chi connectivity index (χ1) is 7.65. The van der Waals surface area contributed by atoms with Gasteiger partial charge in [0.25, 0.3) is 5.91 Å². The summed E-state index contributed by atoms with van der Waals surface area (Å²) in [6.07, 6.45) is 0. The third kappa shape index (κ3) is 3.56. The Morgan fingerprint density at radius 3 is 2.88 bits per heavy atom. The fourth-order valence-electron chi connectivity index (χ4n) is 0.962. The Hall–Kier alpha value is -1.53. The van der Waals surface area contributed by atoms with Crippen LogP contribution in [0.15, 0.2) is 41.5 Å². The number of para-hydroxylation sites is 1. The smallest absolute Gasteiger partial charge is 0.251 e. The van der Waals surface area contributed by atoms with E-state index in [1.54, 1.807) is 6.07 Å². The molecule has 16 heavy (non-hydrogen) atoms. The predicted octanol–water partition coefficient (Wildman–Crippen LogP) is 3.10. The fourth-order valence-corrected chi connectivity index (χ4v) is 1.48. The third-order valence-corrected chi connectivity index (χ3v) is 2.71. The first-order valence-corrected chi connectivity index (χ1v) is 5.47. The number of carbonyl (C=O) groups is 1. The summed E-state index contributed by atoms with van der Waals surface area (Å²) >= 11 is 2.12. The van der Waals surface area contributed by atoms with E-state index in [0.717, 1.165) is 9.26 Å². The van der Waals surface area contributed by atoms with Crippen LogP contribution in [0.4, 0.5) is 5.69 Å². The number of carbonyl (C=O) groups excluding carboxylic acids is 1. The van der Waals surface area contributed by atoms with Gasteiger partial charge >= 0.3 is 0 Å². The molecule has 1 aromatic rings. The van der Waals surface area contributed by atoms with E-state index < -0.39 is 0 Å². The number of nitrogens with one attached hydrogen (secondary N) is 1. The summed E-state index contributed by atoms with van der Waals surface area (Å²) in [5.74, 6) is -0.337. The maximum atomic E-state index is 11.6. The van der Waals surface area contributed by atoms with Gasteiger partial charge in [0, 0.05) is 14.1 Å². The van der Waals surface area contributed by atoms with Gasteiger partial charge in [-0.15, -0.1) is 0 Å². The molecular formula is C10H9IN4O. The number of benzene rings is 1. The molecule has 1 N–H and O–H groups in total. The van der Waals surface area contributed by atoms with Gasteiger partial charge < -0.3 is 5.32 Å². The minimum absolute atomic E-state index is 0.0221. The molecule has 0 heterocycles. The van der Waals surface area contributed by atoms with Crippen LogP contribution in [0.1, 0.15) is 0 Å². The van der Waals surface area contributed by atoms with Gasteiger partial charge in [0.2, 0.25) is 0 Å². The highest BCUT2D eigenvalue weighted by Gasteiger charge is 2.07. The molecule has 0 aromatic heterocycles. The van der Waals surface area contributed by atoms with Gasteiger partial charge in [0.1, 0.15) is 0 Å². The van der Waals surface area contributed by atoms with E-state index >= 15 is 0 Å². The van der Waals surface area contributed by atoms with E-state index in [2.05, 4.69) is 44.5 Å². The van der Waals surface area contributed by atoms with E-state index in [0.29, 0.717) is 0 Å². The summed E-state index contributed by atoms with van der Waals surface area (Å²) in [6, 6.07) is 7.38. The highest BCUT2D eigenvalue weighted by molar-refractivity contribution is 14.1. The summed E-state index contributed by atoms with van der Waals surface area (Å²) in [5.41, 5.74) is 9.07. The Morgan fingerprint density at radius 1 is 1.56 bits per heavy atom. The molecular weight excluding hydrogens is 319 g/mol. The number of anilines is 1. The average molecular weight is 328 g/mol. The largest absolute Gasteiger partial charge is 0.321 e. The third-order valence-electron chi connectivity index (χ3n) is 1.77. The molecule has 0 unspecified atom stereocenters. The lowest BCUT2D eigenvalue weighted by Crippen LogP contribution is -2.15. The predicted molar refractivity (Wildman–Crippen MR) is 70.9 cm³/mol. The van der Waals surface area contributed by atoms with Gasteiger partial charge in [0.05, 0.1) is 12.2 Å². The molecule has 0 aliphatic rings. The van der Waals surface area contributed by atoms with Crippen LogP contribution >= 0.6 is 22.6 Å². The fraction of sp³-hybridized carbons (Fsp3) is 0.100. The molecule has 0 saturated heterocycles. The monoisotopic (exact) mass is 328 g/mol. The van der Waals surface area contributed by atoms with Gasteiger partial charge in [-0.2, -0.15) is 0 Å². The number of nitrogens with zero attached hydrogens (tertiary/aromatic N) is 3. The summed E-state index contributed by atoms with van der Waals surface area (Å²) < 4.78 is 0.935. The van der Waals surface area contributed by atoms with Crippen molar-refractivity contribution in [2.24, 2.45) is 5.11 Å². The van der Waals surface area contributed by atoms with Crippen molar-refractivity contribution in [3.63, 3.8) is 0 Å². The van der Waals surface area contributed by atoms with Crippen molar-refractivity contribution >= 4 is 34.2 Å². The van der Waals surface area contributed by atoms with E-state index in [1.165, 1.54) is 0 Å². The zero-order valence-corrected chi connectivity index (χ0v) is 10.5. The molecule has 0 fully saturated rings. The Kier molecular flexibility index (Phi) is 4.81. The van der Waals surface area contributed by atoms with Crippen molar-refractivity contribution in [1.29, 1.82) is 0 Å². The van der Waals surface area contributed by atoms with Crippen LogP contribution in [-0.4, -0.2) is 12.5 Å². The highest BCUT2D eigenvalue weighted by atomic mass is 127. The first kappa shape index (κ1) is 12.5.